The number of thioether (sulfide) groups is 1. The molecule has 1 aromatic heterocycles. The van der Waals surface area contributed by atoms with Crippen LogP contribution in [-0.2, 0) is 10.5 Å². The van der Waals surface area contributed by atoms with Crippen LogP contribution in [-0.4, -0.2) is 24.0 Å². The van der Waals surface area contributed by atoms with Crippen LogP contribution in [0, 0.1) is 0 Å². The minimum Gasteiger partial charge on any atom is -0.460 e. The lowest BCUT2D eigenvalue weighted by atomic mass is 10.2. The lowest BCUT2D eigenvalue weighted by molar-refractivity contribution is 0.0492. The highest BCUT2D eigenvalue weighted by Crippen LogP contribution is 2.21. The molecule has 0 saturated heterocycles. The Morgan fingerprint density at radius 3 is 2.81 bits per heavy atom. The molecule has 3 aromatic rings. The summed E-state index contributed by atoms with van der Waals surface area (Å²) in [6, 6.07) is 17.1. The van der Waals surface area contributed by atoms with Gasteiger partial charge in [-0.25, -0.2) is 4.79 Å². The van der Waals surface area contributed by atoms with Gasteiger partial charge < -0.3 is 14.9 Å². The van der Waals surface area contributed by atoms with Crippen LogP contribution >= 0.6 is 11.8 Å². The Morgan fingerprint density at radius 1 is 1.22 bits per heavy atom. The van der Waals surface area contributed by atoms with Crippen molar-refractivity contribution in [3.05, 3.63) is 71.5 Å². The van der Waals surface area contributed by atoms with Gasteiger partial charge in [0, 0.05) is 11.1 Å². The second-order valence-electron chi connectivity index (χ2n) is 5.59. The van der Waals surface area contributed by atoms with Gasteiger partial charge in [0.05, 0.1) is 12.8 Å². The van der Waals surface area contributed by atoms with Crippen LogP contribution in [0.4, 0.5) is 0 Å². The number of furan rings is 1. The summed E-state index contributed by atoms with van der Waals surface area (Å²) >= 11 is 1.43. The third-order valence-electron chi connectivity index (χ3n) is 3.61. The molecule has 7 heteroatoms. The highest BCUT2D eigenvalue weighted by atomic mass is 32.2. The molecule has 6 nitrogen and oxygen atoms in total. The maximum Gasteiger partial charge on any atom is 0.374 e. The topological polar surface area (TPSA) is 90.2 Å². The largest absolute Gasteiger partial charge is 0.460 e. The maximum absolute atomic E-state index is 11.7. The predicted octanol–water partition coefficient (Wildman–Crippen LogP) is 4.19. The molecule has 2 N–H and O–H groups in total. The SMILES string of the molecule is CCOC(=O)c1cc2cc(C=NN=C(N)SCc3ccccc3)ccc2o1. The van der Waals surface area contributed by atoms with Gasteiger partial charge in [0.25, 0.3) is 0 Å². The summed E-state index contributed by atoms with van der Waals surface area (Å²) in [5.41, 5.74) is 8.48. The van der Waals surface area contributed by atoms with Crippen molar-refractivity contribution in [3.8, 4) is 0 Å². The number of nitrogens with zero attached hydrogens (tertiary/aromatic N) is 2. The molecule has 2 aromatic carbocycles. The number of rotatable bonds is 6. The van der Waals surface area contributed by atoms with Crippen LogP contribution in [0.1, 0.15) is 28.6 Å². The molecule has 0 radical (unpaired) electrons. The minimum absolute atomic E-state index is 0.181. The van der Waals surface area contributed by atoms with Gasteiger partial charge in [0.1, 0.15) is 5.58 Å². The molecule has 0 aliphatic rings. The van der Waals surface area contributed by atoms with E-state index in [0.29, 0.717) is 17.4 Å². The third kappa shape index (κ3) is 5.21. The molecule has 0 amide bonds. The van der Waals surface area contributed by atoms with E-state index >= 15 is 0 Å². The van der Waals surface area contributed by atoms with E-state index in [4.69, 9.17) is 14.9 Å². The Hall–Kier alpha value is -3.06. The number of benzene rings is 2. The van der Waals surface area contributed by atoms with Crippen LogP contribution in [0.25, 0.3) is 11.0 Å². The van der Waals surface area contributed by atoms with E-state index in [1.807, 2.05) is 42.5 Å². The summed E-state index contributed by atoms with van der Waals surface area (Å²) < 4.78 is 10.4. The van der Waals surface area contributed by atoms with Crippen molar-refractivity contribution >= 4 is 40.1 Å². The van der Waals surface area contributed by atoms with E-state index in [2.05, 4.69) is 10.2 Å². The van der Waals surface area contributed by atoms with Crippen LogP contribution in [0.15, 0.2) is 69.2 Å². The lowest BCUT2D eigenvalue weighted by Crippen LogP contribution is -2.05. The van der Waals surface area contributed by atoms with E-state index in [1.54, 1.807) is 25.3 Å². The first-order valence-electron chi connectivity index (χ1n) is 8.39. The van der Waals surface area contributed by atoms with E-state index in [-0.39, 0.29) is 5.76 Å². The van der Waals surface area contributed by atoms with Gasteiger partial charge in [-0.3, -0.25) is 0 Å². The van der Waals surface area contributed by atoms with E-state index < -0.39 is 5.97 Å². The zero-order valence-corrected chi connectivity index (χ0v) is 15.6. The van der Waals surface area contributed by atoms with Crippen molar-refractivity contribution < 1.29 is 13.9 Å². The lowest BCUT2D eigenvalue weighted by Gasteiger charge is -1.99. The van der Waals surface area contributed by atoms with Gasteiger partial charge in [-0.1, -0.05) is 42.1 Å². The van der Waals surface area contributed by atoms with Crippen molar-refractivity contribution in [2.75, 3.05) is 6.61 Å². The number of amidine groups is 1. The quantitative estimate of drug-likeness (QED) is 0.299. The first-order valence-corrected chi connectivity index (χ1v) is 9.38. The molecule has 0 aliphatic heterocycles. The Labute approximate surface area is 161 Å². The van der Waals surface area contributed by atoms with Gasteiger partial charge >= 0.3 is 5.97 Å². The number of hydrogen-bond acceptors (Lipinski definition) is 6. The Morgan fingerprint density at radius 2 is 2.04 bits per heavy atom. The van der Waals surface area contributed by atoms with Crippen LogP contribution in [0.2, 0.25) is 0 Å². The molecular formula is C20H19N3O3S. The molecule has 0 atom stereocenters. The molecule has 0 unspecified atom stereocenters. The van der Waals surface area contributed by atoms with Crippen molar-refractivity contribution in [2.24, 2.45) is 15.9 Å². The minimum atomic E-state index is -0.475. The Balaban J connectivity index is 1.63. The molecule has 1 heterocycles. The second kappa shape index (κ2) is 9.05. The Kier molecular flexibility index (Phi) is 6.27. The predicted molar refractivity (Wildman–Crippen MR) is 109 cm³/mol. The molecule has 3 rings (SSSR count). The van der Waals surface area contributed by atoms with E-state index in [9.17, 15) is 4.79 Å². The molecule has 0 spiro atoms. The van der Waals surface area contributed by atoms with Gasteiger partial charge in [0.15, 0.2) is 5.17 Å². The standard InChI is InChI=1S/C20H19N3O3S/c1-2-25-19(24)18-11-16-10-15(8-9-17(16)26-18)12-22-23-20(21)27-13-14-6-4-3-5-7-14/h3-12H,2,13H2,1H3,(H2,21,23). The fourth-order valence-corrected chi connectivity index (χ4v) is 2.97. The first kappa shape index (κ1) is 18.7. The van der Waals surface area contributed by atoms with Crippen LogP contribution in [0.3, 0.4) is 0 Å². The number of hydrogen-bond donors (Lipinski definition) is 1. The third-order valence-corrected chi connectivity index (χ3v) is 4.46. The van der Waals surface area contributed by atoms with Gasteiger partial charge in [0.2, 0.25) is 5.76 Å². The monoisotopic (exact) mass is 381 g/mol. The maximum atomic E-state index is 11.7. The summed E-state index contributed by atoms with van der Waals surface area (Å²) in [6.07, 6.45) is 1.60. The number of fused-ring (bicyclic) bond motifs is 1. The normalized spacial score (nSPS) is 12.0. The van der Waals surface area contributed by atoms with Crippen LogP contribution in [0.5, 0.6) is 0 Å². The number of ether oxygens (including phenoxy) is 1. The Bertz CT molecular complexity index is 981. The zero-order valence-electron chi connectivity index (χ0n) is 14.8. The van der Waals surface area contributed by atoms with Crippen molar-refractivity contribution in [3.63, 3.8) is 0 Å². The highest BCUT2D eigenvalue weighted by molar-refractivity contribution is 8.13. The molecule has 0 saturated carbocycles. The van der Waals surface area contributed by atoms with Crippen molar-refractivity contribution in [2.45, 2.75) is 12.7 Å². The molecule has 0 fully saturated rings. The number of nitrogens with two attached hydrogens (primary N) is 1. The number of carbonyl (C=O) groups excluding carboxylic acids is 1. The number of esters is 1. The van der Waals surface area contributed by atoms with E-state index in [0.717, 1.165) is 16.7 Å². The molecule has 27 heavy (non-hydrogen) atoms. The average molecular weight is 381 g/mol. The molecular weight excluding hydrogens is 362 g/mol. The fourth-order valence-electron chi connectivity index (χ4n) is 2.36. The second-order valence-corrected chi connectivity index (χ2v) is 6.58. The van der Waals surface area contributed by atoms with Crippen molar-refractivity contribution in [1.29, 1.82) is 0 Å². The summed E-state index contributed by atoms with van der Waals surface area (Å²) in [4.78, 5) is 11.7. The van der Waals surface area contributed by atoms with Crippen LogP contribution < -0.4 is 5.73 Å². The first-order chi connectivity index (χ1) is 13.2. The number of carbonyl (C=O) groups is 1. The van der Waals surface area contributed by atoms with Gasteiger partial charge in [-0.15, -0.1) is 5.10 Å². The summed E-state index contributed by atoms with van der Waals surface area (Å²) in [5, 5.41) is 9.21. The van der Waals surface area contributed by atoms with Gasteiger partial charge in [-0.05, 0) is 42.3 Å². The smallest absolute Gasteiger partial charge is 0.374 e. The average Bonchev–Trinajstić information content (AvgIpc) is 3.11. The van der Waals surface area contributed by atoms with Crippen molar-refractivity contribution in [1.82, 2.24) is 0 Å². The summed E-state index contributed by atoms with van der Waals surface area (Å²) in [7, 11) is 0. The summed E-state index contributed by atoms with van der Waals surface area (Å²) in [5.74, 6) is 0.445. The fraction of sp³-hybridized carbons (Fsp3) is 0.150. The molecule has 0 bridgehead atoms. The highest BCUT2D eigenvalue weighted by Gasteiger charge is 2.13. The zero-order chi connectivity index (χ0) is 19.1. The molecule has 138 valence electrons. The van der Waals surface area contributed by atoms with Gasteiger partial charge in [-0.2, -0.15) is 5.10 Å². The van der Waals surface area contributed by atoms with E-state index in [1.165, 1.54) is 17.3 Å². The summed E-state index contributed by atoms with van der Waals surface area (Å²) in [6.45, 7) is 2.05. The molecule has 0 aliphatic carbocycles.